The molecule has 7 heteroatoms. The minimum absolute atomic E-state index is 0.0173. The summed E-state index contributed by atoms with van der Waals surface area (Å²) in [7, 11) is 3.05. The fraction of sp³-hybridized carbons (Fsp3) is 0.179. The van der Waals surface area contributed by atoms with Crippen molar-refractivity contribution in [3.63, 3.8) is 0 Å². The molecule has 0 unspecified atom stereocenters. The van der Waals surface area contributed by atoms with Crippen molar-refractivity contribution in [2.75, 3.05) is 19.5 Å². The zero-order valence-electron chi connectivity index (χ0n) is 19.8. The number of hydrogen-bond donors (Lipinski definition) is 1. The van der Waals surface area contributed by atoms with Crippen molar-refractivity contribution in [1.29, 1.82) is 0 Å². The number of anilines is 1. The van der Waals surface area contributed by atoms with E-state index in [1.165, 1.54) is 20.4 Å². The molecule has 0 aliphatic heterocycles. The topological polar surface area (TPSA) is 86.6 Å². The highest BCUT2D eigenvalue weighted by atomic mass is 16.5. The van der Waals surface area contributed by atoms with E-state index >= 15 is 0 Å². The molecule has 178 valence electrons. The highest BCUT2D eigenvalue weighted by molar-refractivity contribution is 6.10. The number of rotatable bonds is 8. The molecule has 0 atom stereocenters. The van der Waals surface area contributed by atoms with Gasteiger partial charge in [-0.25, -0.2) is 0 Å². The minimum atomic E-state index is -0.386. The molecule has 35 heavy (non-hydrogen) atoms. The second-order valence-corrected chi connectivity index (χ2v) is 8.01. The number of aromatic nitrogens is 1. The number of carbonyl (C=O) groups excluding carboxylic acids is 2. The van der Waals surface area contributed by atoms with Crippen molar-refractivity contribution >= 4 is 28.3 Å². The SMILES string of the molecule is CCc1ccc2c(c1)c(=O)c(C(=O)c1ccccc1)cn2CC(=O)Nc1cc(OC)ccc1OC. The first kappa shape index (κ1) is 23.8. The number of nitrogens with zero attached hydrogens (tertiary/aromatic N) is 1. The third kappa shape index (κ3) is 4.94. The van der Waals surface area contributed by atoms with Gasteiger partial charge in [-0.15, -0.1) is 0 Å². The molecule has 7 nitrogen and oxygen atoms in total. The molecule has 0 saturated carbocycles. The molecule has 0 fully saturated rings. The van der Waals surface area contributed by atoms with Crippen LogP contribution >= 0.6 is 0 Å². The number of carbonyl (C=O) groups is 2. The number of ether oxygens (including phenoxy) is 2. The Morgan fingerprint density at radius 1 is 0.943 bits per heavy atom. The molecule has 0 saturated heterocycles. The Morgan fingerprint density at radius 2 is 1.71 bits per heavy atom. The predicted octanol–water partition coefficient (Wildman–Crippen LogP) is 4.45. The van der Waals surface area contributed by atoms with Crippen LogP contribution in [0.25, 0.3) is 10.9 Å². The summed E-state index contributed by atoms with van der Waals surface area (Å²) in [5, 5.41) is 3.24. The summed E-state index contributed by atoms with van der Waals surface area (Å²) in [6.07, 6.45) is 2.20. The predicted molar refractivity (Wildman–Crippen MR) is 136 cm³/mol. The Bertz CT molecular complexity index is 1460. The molecule has 0 radical (unpaired) electrons. The highest BCUT2D eigenvalue weighted by Gasteiger charge is 2.19. The quantitative estimate of drug-likeness (QED) is 0.385. The zero-order valence-corrected chi connectivity index (χ0v) is 19.8. The molecule has 1 aromatic heterocycles. The highest BCUT2D eigenvalue weighted by Crippen LogP contribution is 2.29. The van der Waals surface area contributed by atoms with Gasteiger partial charge in [0.15, 0.2) is 5.78 Å². The van der Waals surface area contributed by atoms with E-state index in [1.54, 1.807) is 59.2 Å². The van der Waals surface area contributed by atoms with Gasteiger partial charge in [-0.2, -0.15) is 0 Å². The van der Waals surface area contributed by atoms with Gasteiger partial charge in [0.25, 0.3) is 0 Å². The van der Waals surface area contributed by atoms with Crippen molar-refractivity contribution in [3.8, 4) is 11.5 Å². The fourth-order valence-electron chi connectivity index (χ4n) is 3.96. The third-order valence-electron chi connectivity index (χ3n) is 5.83. The number of ketones is 1. The van der Waals surface area contributed by atoms with Crippen LogP contribution in [0, 0.1) is 0 Å². The minimum Gasteiger partial charge on any atom is -0.497 e. The maximum absolute atomic E-state index is 13.3. The average Bonchev–Trinajstić information content (AvgIpc) is 2.90. The van der Waals surface area contributed by atoms with Gasteiger partial charge >= 0.3 is 0 Å². The van der Waals surface area contributed by atoms with Crippen molar-refractivity contribution < 1.29 is 19.1 Å². The Morgan fingerprint density at radius 3 is 2.40 bits per heavy atom. The standard InChI is InChI=1S/C28H26N2O5/c1-4-18-10-12-24-21(14-18)28(33)22(27(32)19-8-6-5-7-9-19)16-30(24)17-26(31)29-23-15-20(34-2)11-13-25(23)35-3/h5-16H,4,17H2,1-3H3,(H,29,31). The van der Waals surface area contributed by atoms with Gasteiger partial charge in [0.05, 0.1) is 31.0 Å². The number of pyridine rings is 1. The van der Waals surface area contributed by atoms with Crippen molar-refractivity contribution in [1.82, 2.24) is 4.57 Å². The van der Waals surface area contributed by atoms with Crippen LogP contribution < -0.4 is 20.2 Å². The molecule has 0 bridgehead atoms. The van der Waals surface area contributed by atoms with E-state index in [1.807, 2.05) is 19.1 Å². The number of amides is 1. The molecule has 0 aliphatic rings. The molecule has 0 aliphatic carbocycles. The lowest BCUT2D eigenvalue weighted by Crippen LogP contribution is -2.24. The Balaban J connectivity index is 1.77. The van der Waals surface area contributed by atoms with Gasteiger partial charge < -0.3 is 19.4 Å². The Hall–Kier alpha value is -4.39. The smallest absolute Gasteiger partial charge is 0.244 e. The molecule has 3 aromatic carbocycles. The Kier molecular flexibility index (Phi) is 6.96. The second-order valence-electron chi connectivity index (χ2n) is 8.01. The number of benzene rings is 3. The number of aryl methyl sites for hydroxylation is 1. The van der Waals surface area contributed by atoms with Crippen LogP contribution in [0.5, 0.6) is 11.5 Å². The lowest BCUT2D eigenvalue weighted by molar-refractivity contribution is -0.116. The summed E-state index contributed by atoms with van der Waals surface area (Å²) >= 11 is 0. The molecule has 1 heterocycles. The van der Waals surface area contributed by atoms with Crippen LogP contribution in [-0.4, -0.2) is 30.5 Å². The van der Waals surface area contributed by atoms with Crippen LogP contribution in [0.1, 0.15) is 28.4 Å². The normalized spacial score (nSPS) is 10.7. The fourth-order valence-corrected chi connectivity index (χ4v) is 3.96. The van der Waals surface area contributed by atoms with Gasteiger partial charge in [0, 0.05) is 23.2 Å². The Labute approximate surface area is 202 Å². The summed E-state index contributed by atoms with van der Waals surface area (Å²) < 4.78 is 12.2. The molecule has 4 aromatic rings. The van der Waals surface area contributed by atoms with Crippen molar-refractivity contribution in [2.24, 2.45) is 0 Å². The largest absolute Gasteiger partial charge is 0.497 e. The molecular formula is C28H26N2O5. The van der Waals surface area contributed by atoms with Crippen LogP contribution in [0.2, 0.25) is 0 Å². The third-order valence-corrected chi connectivity index (χ3v) is 5.83. The van der Waals surface area contributed by atoms with E-state index in [9.17, 15) is 14.4 Å². The summed E-state index contributed by atoms with van der Waals surface area (Å²) in [5.41, 5.74) is 2.07. The van der Waals surface area contributed by atoms with E-state index in [2.05, 4.69) is 5.32 Å². The van der Waals surface area contributed by atoms with Crippen LogP contribution in [0.15, 0.2) is 77.7 Å². The lowest BCUT2D eigenvalue weighted by atomic mass is 10.0. The maximum atomic E-state index is 13.3. The summed E-state index contributed by atoms with van der Waals surface area (Å²) in [5.74, 6) is 0.316. The molecule has 1 N–H and O–H groups in total. The zero-order chi connectivity index (χ0) is 24.9. The van der Waals surface area contributed by atoms with E-state index < -0.39 is 0 Å². The maximum Gasteiger partial charge on any atom is 0.244 e. The van der Waals surface area contributed by atoms with E-state index in [0.29, 0.717) is 33.7 Å². The van der Waals surface area contributed by atoms with Crippen LogP contribution in [0.4, 0.5) is 5.69 Å². The summed E-state index contributed by atoms with van der Waals surface area (Å²) in [4.78, 5) is 39.6. The summed E-state index contributed by atoms with van der Waals surface area (Å²) in [6, 6.07) is 19.3. The number of nitrogens with one attached hydrogen (secondary N) is 1. The number of fused-ring (bicyclic) bond motifs is 1. The van der Waals surface area contributed by atoms with E-state index in [4.69, 9.17) is 9.47 Å². The van der Waals surface area contributed by atoms with Crippen LogP contribution in [0.3, 0.4) is 0 Å². The first-order chi connectivity index (χ1) is 16.9. The van der Waals surface area contributed by atoms with Gasteiger partial charge in [-0.1, -0.05) is 43.3 Å². The average molecular weight is 471 g/mol. The van der Waals surface area contributed by atoms with Gasteiger partial charge in [0.2, 0.25) is 11.3 Å². The van der Waals surface area contributed by atoms with E-state index in [-0.39, 0.29) is 29.2 Å². The van der Waals surface area contributed by atoms with Crippen molar-refractivity contribution in [3.05, 3.63) is 99.8 Å². The number of hydrogen-bond acceptors (Lipinski definition) is 5. The monoisotopic (exact) mass is 470 g/mol. The second kappa shape index (κ2) is 10.3. The number of methoxy groups -OCH3 is 2. The molecule has 1 amide bonds. The molecular weight excluding hydrogens is 444 g/mol. The summed E-state index contributed by atoms with van der Waals surface area (Å²) in [6.45, 7) is 1.88. The van der Waals surface area contributed by atoms with Gasteiger partial charge in [-0.3, -0.25) is 14.4 Å². The first-order valence-electron chi connectivity index (χ1n) is 11.2. The van der Waals surface area contributed by atoms with Crippen LogP contribution in [-0.2, 0) is 17.8 Å². The van der Waals surface area contributed by atoms with Crippen molar-refractivity contribution in [2.45, 2.75) is 19.9 Å². The molecule has 4 rings (SSSR count). The van der Waals surface area contributed by atoms with Gasteiger partial charge in [-0.05, 0) is 36.2 Å². The molecule has 0 spiro atoms. The first-order valence-corrected chi connectivity index (χ1v) is 11.2. The lowest BCUT2D eigenvalue weighted by Gasteiger charge is -2.15. The van der Waals surface area contributed by atoms with E-state index in [0.717, 1.165) is 12.0 Å². The van der Waals surface area contributed by atoms with Gasteiger partial charge in [0.1, 0.15) is 18.0 Å².